The topological polar surface area (TPSA) is 122 Å². The second-order valence-corrected chi connectivity index (χ2v) is 15.2. The molecule has 1 aliphatic heterocycles. The molecule has 40 heavy (non-hydrogen) atoms. The van der Waals surface area contributed by atoms with Gasteiger partial charge in [0, 0.05) is 51.1 Å². The number of halogens is 2. The fourth-order valence-electron chi connectivity index (χ4n) is 4.79. The SMILES string of the molecule is O=S(=O)([O-])CCCN1/C(=C2/C=C(c3sc4ccc(Cl)cc4[n+]3CCCS(=O)(=O)[O-])CC2)Sc2ccc(Cl)cc21.[Na+]. The van der Waals surface area contributed by atoms with Crippen molar-refractivity contribution in [2.75, 3.05) is 23.0 Å². The molecule has 0 atom stereocenters. The number of hydrogen-bond acceptors (Lipinski definition) is 9. The van der Waals surface area contributed by atoms with Crippen LogP contribution < -0.4 is 39.0 Å². The van der Waals surface area contributed by atoms with Crippen molar-refractivity contribution in [3.05, 3.63) is 68.1 Å². The van der Waals surface area contributed by atoms with E-state index < -0.39 is 31.7 Å². The number of aromatic nitrogens is 1. The Morgan fingerprint density at radius 2 is 1.60 bits per heavy atom. The maximum absolute atomic E-state index is 11.2. The second kappa shape index (κ2) is 12.9. The molecule has 0 bridgehead atoms. The molecule has 208 valence electrons. The largest absolute Gasteiger partial charge is 1.00 e. The van der Waals surface area contributed by atoms with E-state index in [0.29, 0.717) is 23.1 Å². The first-order chi connectivity index (χ1) is 18.4. The molecule has 2 aliphatic rings. The molecule has 3 aromatic rings. The van der Waals surface area contributed by atoms with Crippen LogP contribution in [0.4, 0.5) is 5.69 Å². The molecule has 0 saturated carbocycles. The van der Waals surface area contributed by atoms with Gasteiger partial charge in [-0.25, -0.2) is 16.8 Å². The monoisotopic (exact) mass is 668 g/mol. The number of thioether (sulfide) groups is 1. The van der Waals surface area contributed by atoms with Gasteiger partial charge < -0.3 is 14.0 Å². The van der Waals surface area contributed by atoms with Crippen LogP contribution in [0.15, 0.2) is 58.0 Å². The summed E-state index contributed by atoms with van der Waals surface area (Å²) in [5.41, 5.74) is 3.92. The van der Waals surface area contributed by atoms with Crippen LogP contribution >= 0.6 is 46.3 Å². The number of aryl methyl sites for hydroxylation is 1. The summed E-state index contributed by atoms with van der Waals surface area (Å²) in [5, 5.41) is 3.07. The Balaban J connectivity index is 0.00000370. The Hall–Kier alpha value is -0.640. The van der Waals surface area contributed by atoms with E-state index in [-0.39, 0.29) is 42.4 Å². The number of thiazole rings is 1. The van der Waals surface area contributed by atoms with Gasteiger partial charge >= 0.3 is 29.6 Å². The molecule has 5 rings (SSSR count). The van der Waals surface area contributed by atoms with Gasteiger partial charge in [0.1, 0.15) is 4.70 Å². The molecule has 0 unspecified atom stereocenters. The summed E-state index contributed by atoms with van der Waals surface area (Å²) < 4.78 is 70.3. The number of hydrogen-bond donors (Lipinski definition) is 0. The van der Waals surface area contributed by atoms with Crippen LogP contribution in [-0.2, 0) is 26.8 Å². The third-order valence-corrected chi connectivity index (χ3v) is 11.0. The summed E-state index contributed by atoms with van der Waals surface area (Å²) in [6.07, 6.45) is 4.00. The third kappa shape index (κ3) is 7.65. The molecule has 2 heterocycles. The van der Waals surface area contributed by atoms with E-state index in [9.17, 15) is 25.9 Å². The van der Waals surface area contributed by atoms with Crippen LogP contribution in [0.2, 0.25) is 10.0 Å². The third-order valence-electron chi connectivity index (χ3n) is 6.44. The molecule has 0 fully saturated rings. The minimum absolute atomic E-state index is 0. The second-order valence-electron chi connectivity index (χ2n) is 9.27. The first kappa shape index (κ1) is 32.3. The van der Waals surface area contributed by atoms with Crippen LogP contribution in [0.5, 0.6) is 0 Å². The Morgan fingerprint density at radius 1 is 0.925 bits per heavy atom. The number of benzene rings is 2. The zero-order valence-corrected chi connectivity index (χ0v) is 28.2. The zero-order chi connectivity index (χ0) is 27.9. The molecular formula is C25H23Cl2N2NaO6S4. The maximum atomic E-state index is 11.2. The fourth-order valence-corrected chi connectivity index (χ4v) is 8.51. The predicted octanol–water partition coefficient (Wildman–Crippen LogP) is 2.37. The normalized spacial score (nSPS) is 17.3. The first-order valence-electron chi connectivity index (χ1n) is 12.1. The molecule has 1 aliphatic carbocycles. The van der Waals surface area contributed by atoms with Crippen LogP contribution in [0, 0.1) is 0 Å². The van der Waals surface area contributed by atoms with E-state index >= 15 is 0 Å². The number of fused-ring (bicyclic) bond motifs is 2. The predicted molar refractivity (Wildman–Crippen MR) is 154 cm³/mol. The molecule has 0 N–H and O–H groups in total. The van der Waals surface area contributed by atoms with Gasteiger partial charge in [0.25, 0.3) is 5.01 Å². The van der Waals surface area contributed by atoms with Crippen molar-refractivity contribution in [1.82, 2.24) is 0 Å². The molecule has 2 aromatic carbocycles. The molecule has 0 radical (unpaired) electrons. The van der Waals surface area contributed by atoms with E-state index in [0.717, 1.165) is 54.8 Å². The average Bonchev–Trinajstić information content (AvgIpc) is 3.53. The number of nitrogens with zero attached hydrogens (tertiary/aromatic N) is 2. The van der Waals surface area contributed by atoms with Gasteiger partial charge in [0.05, 0.1) is 31.0 Å². The fraction of sp³-hybridized carbons (Fsp3) is 0.320. The smallest absolute Gasteiger partial charge is 0.748 e. The van der Waals surface area contributed by atoms with Crippen molar-refractivity contribution < 1.29 is 60.1 Å². The summed E-state index contributed by atoms with van der Waals surface area (Å²) in [6.45, 7) is 0.712. The van der Waals surface area contributed by atoms with E-state index in [1.165, 1.54) is 0 Å². The maximum Gasteiger partial charge on any atom is 1.00 e. The summed E-state index contributed by atoms with van der Waals surface area (Å²) in [4.78, 5) is 3.03. The van der Waals surface area contributed by atoms with Gasteiger partial charge in [-0.2, -0.15) is 4.57 Å². The van der Waals surface area contributed by atoms with Gasteiger partial charge in [-0.1, -0.05) is 46.3 Å². The van der Waals surface area contributed by atoms with Crippen molar-refractivity contribution in [2.24, 2.45) is 0 Å². The first-order valence-corrected chi connectivity index (χ1v) is 17.6. The van der Waals surface area contributed by atoms with E-state index in [4.69, 9.17) is 23.2 Å². The van der Waals surface area contributed by atoms with E-state index in [1.54, 1.807) is 23.1 Å². The van der Waals surface area contributed by atoms with Crippen molar-refractivity contribution in [1.29, 1.82) is 0 Å². The number of rotatable bonds is 9. The Labute approximate surface area is 273 Å². The Kier molecular flexibility index (Phi) is 10.4. The number of allylic oxidation sites excluding steroid dienone is 3. The van der Waals surface area contributed by atoms with Gasteiger partial charge in [-0.3, -0.25) is 0 Å². The summed E-state index contributed by atoms with van der Waals surface area (Å²) in [6, 6.07) is 11.2. The minimum atomic E-state index is -4.33. The zero-order valence-electron chi connectivity index (χ0n) is 21.4. The molecule has 15 heteroatoms. The van der Waals surface area contributed by atoms with Gasteiger partial charge in [-0.05, 0) is 61.2 Å². The molecule has 0 spiro atoms. The van der Waals surface area contributed by atoms with Crippen LogP contribution in [0.25, 0.3) is 15.8 Å². The average molecular weight is 670 g/mol. The van der Waals surface area contributed by atoms with Crippen LogP contribution in [0.1, 0.15) is 30.7 Å². The quantitative estimate of drug-likeness (QED) is 0.194. The standard InChI is InChI=1S/C25H24Cl2N2O6S4.Na/c26-18-5-7-22-20(14-18)28(9-1-11-38(30,31)32)24(36-22)16-3-4-17(13-16)25-29(10-2-12-39(33,34)35)21-15-19(27)6-8-23(21)37-25;/h5-8,13-15H,1-4,9-12H2,(H-,30,31,32,33,34,35);/q;+1/p-1. The van der Waals surface area contributed by atoms with Crippen LogP contribution in [-0.4, -0.2) is 44.0 Å². The Morgan fingerprint density at radius 3 is 2.33 bits per heavy atom. The summed E-state index contributed by atoms with van der Waals surface area (Å²) >= 11 is 15.7. The molecule has 0 amide bonds. The van der Waals surface area contributed by atoms with Crippen molar-refractivity contribution in [2.45, 2.75) is 37.1 Å². The van der Waals surface area contributed by atoms with Crippen molar-refractivity contribution in [3.63, 3.8) is 0 Å². The molecular weight excluding hydrogens is 646 g/mol. The van der Waals surface area contributed by atoms with Gasteiger partial charge in [0.2, 0.25) is 5.52 Å². The summed E-state index contributed by atoms with van der Waals surface area (Å²) in [7, 11) is -8.65. The number of anilines is 1. The Bertz CT molecular complexity index is 1740. The summed E-state index contributed by atoms with van der Waals surface area (Å²) in [5.74, 6) is -0.894. The molecule has 8 nitrogen and oxygen atoms in total. The van der Waals surface area contributed by atoms with Crippen molar-refractivity contribution in [3.8, 4) is 0 Å². The van der Waals surface area contributed by atoms with E-state index in [2.05, 4.69) is 6.08 Å². The molecule has 0 saturated heterocycles. The van der Waals surface area contributed by atoms with Crippen LogP contribution in [0.3, 0.4) is 0 Å². The van der Waals surface area contributed by atoms with Crippen molar-refractivity contribution >= 4 is 88.0 Å². The van der Waals surface area contributed by atoms with Gasteiger partial charge in [-0.15, -0.1) is 0 Å². The minimum Gasteiger partial charge on any atom is -0.748 e. The van der Waals surface area contributed by atoms with Gasteiger partial charge in [0.15, 0.2) is 6.54 Å². The molecule has 1 aromatic heterocycles. The van der Waals surface area contributed by atoms with E-state index in [1.807, 2.05) is 45.9 Å².